The van der Waals surface area contributed by atoms with Crippen LogP contribution in [0.4, 0.5) is 0 Å². The molecule has 106 valence electrons. The molecule has 3 atom stereocenters. The largest absolute Gasteiger partial charge is 0.378 e. The number of rotatable bonds is 4. The van der Waals surface area contributed by atoms with Crippen molar-refractivity contribution in [2.24, 2.45) is 5.41 Å². The monoisotopic (exact) mass is 275 g/mol. The zero-order valence-corrected chi connectivity index (χ0v) is 12.4. The van der Waals surface area contributed by atoms with E-state index in [-0.39, 0.29) is 11.5 Å². The Morgan fingerprint density at radius 3 is 2.67 bits per heavy atom. The molecule has 0 spiro atoms. The molecule has 1 aliphatic carbocycles. The van der Waals surface area contributed by atoms with Gasteiger partial charge in [-0.2, -0.15) is 0 Å². The molecule has 0 radical (unpaired) electrons. The van der Waals surface area contributed by atoms with Crippen molar-refractivity contribution in [1.82, 2.24) is 5.32 Å². The first-order valence-corrected chi connectivity index (χ1v) is 8.75. The Hall–Kier alpha value is -0.130. The van der Waals surface area contributed by atoms with Crippen LogP contribution >= 0.6 is 0 Å². The fourth-order valence-corrected chi connectivity index (χ4v) is 4.74. The Balaban J connectivity index is 1.88. The van der Waals surface area contributed by atoms with Gasteiger partial charge in [-0.3, -0.25) is 0 Å². The van der Waals surface area contributed by atoms with Gasteiger partial charge in [-0.15, -0.1) is 0 Å². The number of ether oxygens (including phenoxy) is 1. The van der Waals surface area contributed by atoms with E-state index < -0.39 is 9.84 Å². The number of hydrogen-bond donors (Lipinski definition) is 1. The highest BCUT2D eigenvalue weighted by Gasteiger charge is 2.49. The maximum atomic E-state index is 11.6. The van der Waals surface area contributed by atoms with Gasteiger partial charge < -0.3 is 10.1 Å². The summed E-state index contributed by atoms with van der Waals surface area (Å²) in [5.41, 5.74) is 0.108. The highest BCUT2D eigenvalue weighted by Crippen LogP contribution is 2.43. The van der Waals surface area contributed by atoms with Gasteiger partial charge in [0.2, 0.25) is 0 Å². The molecule has 4 nitrogen and oxygen atoms in total. The van der Waals surface area contributed by atoms with Crippen molar-refractivity contribution >= 4 is 9.84 Å². The second kappa shape index (κ2) is 5.10. The van der Waals surface area contributed by atoms with E-state index in [4.69, 9.17) is 4.74 Å². The first kappa shape index (κ1) is 14.3. The molecular weight excluding hydrogens is 250 g/mol. The van der Waals surface area contributed by atoms with Crippen LogP contribution in [-0.4, -0.2) is 44.7 Å². The van der Waals surface area contributed by atoms with Gasteiger partial charge in [0.25, 0.3) is 0 Å². The zero-order valence-electron chi connectivity index (χ0n) is 11.6. The Labute approximate surface area is 110 Å². The molecule has 1 saturated heterocycles. The fraction of sp³-hybridized carbons (Fsp3) is 1.00. The number of sulfone groups is 1. The van der Waals surface area contributed by atoms with Crippen molar-refractivity contribution in [3.63, 3.8) is 0 Å². The minimum absolute atomic E-state index is 0.108. The first-order chi connectivity index (χ1) is 8.35. The minimum atomic E-state index is -2.82. The van der Waals surface area contributed by atoms with Crippen LogP contribution in [-0.2, 0) is 14.6 Å². The lowest BCUT2D eigenvalue weighted by Crippen LogP contribution is -2.63. The Morgan fingerprint density at radius 1 is 1.39 bits per heavy atom. The second-order valence-corrected chi connectivity index (χ2v) is 8.40. The molecule has 0 aromatic rings. The van der Waals surface area contributed by atoms with E-state index in [0.717, 1.165) is 25.9 Å². The number of hydrogen-bond acceptors (Lipinski definition) is 4. The molecule has 1 heterocycles. The van der Waals surface area contributed by atoms with Gasteiger partial charge in [0, 0.05) is 24.1 Å². The Bertz CT molecular complexity index is 391. The van der Waals surface area contributed by atoms with Crippen LogP contribution in [0.2, 0.25) is 0 Å². The van der Waals surface area contributed by atoms with E-state index >= 15 is 0 Å². The predicted octanol–water partition coefficient (Wildman–Crippen LogP) is 1.36. The van der Waals surface area contributed by atoms with Crippen LogP contribution in [0, 0.1) is 5.41 Å². The summed E-state index contributed by atoms with van der Waals surface area (Å²) < 4.78 is 28.9. The molecule has 2 rings (SSSR count). The number of nitrogens with one attached hydrogen (secondary N) is 1. The van der Waals surface area contributed by atoms with Crippen LogP contribution in [0.5, 0.6) is 0 Å². The summed E-state index contributed by atoms with van der Waals surface area (Å²) in [4.78, 5) is 0. The van der Waals surface area contributed by atoms with Gasteiger partial charge in [-0.05, 0) is 26.2 Å². The molecule has 0 aromatic heterocycles. The van der Waals surface area contributed by atoms with Crippen molar-refractivity contribution in [3.05, 3.63) is 0 Å². The normalized spacial score (nSPS) is 38.1. The summed E-state index contributed by atoms with van der Waals surface area (Å²) in [5.74, 6) is 0.666. The molecule has 0 bridgehead atoms. The van der Waals surface area contributed by atoms with E-state index in [1.807, 2.05) is 6.92 Å². The van der Waals surface area contributed by atoms with Crippen LogP contribution in [0.15, 0.2) is 0 Å². The zero-order chi connectivity index (χ0) is 13.4. The van der Waals surface area contributed by atoms with Gasteiger partial charge in [0.1, 0.15) is 0 Å². The van der Waals surface area contributed by atoms with Gasteiger partial charge >= 0.3 is 0 Å². The average Bonchev–Trinajstić information content (AvgIpc) is 2.26. The van der Waals surface area contributed by atoms with Crippen molar-refractivity contribution < 1.29 is 13.2 Å². The highest BCUT2D eigenvalue weighted by atomic mass is 32.2. The van der Waals surface area contributed by atoms with Crippen LogP contribution in [0.1, 0.15) is 40.0 Å². The molecular formula is C13H25NO3S. The van der Waals surface area contributed by atoms with Gasteiger partial charge in [-0.25, -0.2) is 8.42 Å². The third kappa shape index (κ3) is 2.89. The summed E-state index contributed by atoms with van der Waals surface area (Å²) in [6.45, 7) is 7.17. The molecule has 1 N–H and O–H groups in total. The quantitative estimate of drug-likeness (QED) is 0.841. The summed E-state index contributed by atoms with van der Waals surface area (Å²) in [6, 6.07) is 0.517. The van der Waals surface area contributed by atoms with Gasteiger partial charge in [0.15, 0.2) is 9.84 Å². The minimum Gasteiger partial charge on any atom is -0.378 e. The third-order valence-corrected chi connectivity index (χ3v) is 6.27. The summed E-state index contributed by atoms with van der Waals surface area (Å²) >= 11 is 0. The van der Waals surface area contributed by atoms with E-state index in [0.29, 0.717) is 23.7 Å². The summed E-state index contributed by atoms with van der Waals surface area (Å²) in [5, 5.41) is 3.53. The van der Waals surface area contributed by atoms with E-state index in [2.05, 4.69) is 19.2 Å². The molecule has 3 unspecified atom stereocenters. The van der Waals surface area contributed by atoms with Crippen molar-refractivity contribution in [2.75, 3.05) is 18.1 Å². The average molecular weight is 275 g/mol. The van der Waals surface area contributed by atoms with Crippen LogP contribution in [0.3, 0.4) is 0 Å². The standard InChI is InChI=1S/C13H25NO3S/c1-4-17-12-8-11(13(12,2)3)14-10-6-5-7-18(15,16)9-10/h10-12,14H,4-9H2,1-3H3. The van der Waals surface area contributed by atoms with Crippen LogP contribution in [0.25, 0.3) is 0 Å². The van der Waals surface area contributed by atoms with E-state index in [1.165, 1.54) is 0 Å². The lowest BCUT2D eigenvalue weighted by molar-refractivity contribution is -0.116. The lowest BCUT2D eigenvalue weighted by Gasteiger charge is -2.53. The van der Waals surface area contributed by atoms with Crippen LogP contribution < -0.4 is 5.32 Å². The van der Waals surface area contributed by atoms with Gasteiger partial charge in [0.05, 0.1) is 17.6 Å². The van der Waals surface area contributed by atoms with E-state index in [1.54, 1.807) is 0 Å². The molecule has 2 aliphatic rings. The SMILES string of the molecule is CCOC1CC(NC2CCCS(=O)(=O)C2)C1(C)C. The third-order valence-electron chi connectivity index (χ3n) is 4.45. The molecule has 0 aromatic carbocycles. The Kier molecular flexibility index (Phi) is 4.04. The predicted molar refractivity (Wildman–Crippen MR) is 72.4 cm³/mol. The smallest absolute Gasteiger partial charge is 0.151 e. The van der Waals surface area contributed by atoms with E-state index in [9.17, 15) is 8.42 Å². The van der Waals surface area contributed by atoms with Crippen molar-refractivity contribution in [3.8, 4) is 0 Å². The molecule has 18 heavy (non-hydrogen) atoms. The Morgan fingerprint density at radius 2 is 2.11 bits per heavy atom. The highest BCUT2D eigenvalue weighted by molar-refractivity contribution is 7.91. The molecule has 0 amide bonds. The molecule has 2 fully saturated rings. The summed E-state index contributed by atoms with van der Waals surface area (Å²) in [6.07, 6.45) is 3.07. The van der Waals surface area contributed by atoms with Crippen molar-refractivity contribution in [1.29, 1.82) is 0 Å². The fourth-order valence-electron chi connectivity index (χ4n) is 3.09. The maximum absolute atomic E-state index is 11.6. The maximum Gasteiger partial charge on any atom is 0.151 e. The summed E-state index contributed by atoms with van der Waals surface area (Å²) in [7, 11) is -2.82. The molecule has 1 aliphatic heterocycles. The van der Waals surface area contributed by atoms with Crippen molar-refractivity contribution in [2.45, 2.75) is 58.2 Å². The first-order valence-electron chi connectivity index (χ1n) is 6.93. The second-order valence-electron chi connectivity index (χ2n) is 6.17. The molecule has 5 heteroatoms. The topological polar surface area (TPSA) is 55.4 Å². The van der Waals surface area contributed by atoms with Gasteiger partial charge in [-0.1, -0.05) is 13.8 Å². The lowest BCUT2D eigenvalue weighted by atomic mass is 9.64. The molecule has 1 saturated carbocycles.